The number of halogens is 1. The van der Waals surface area contributed by atoms with E-state index in [1.807, 2.05) is 49.1 Å². The van der Waals surface area contributed by atoms with Crippen LogP contribution >= 0.6 is 11.6 Å². The average molecular weight is 534 g/mol. The smallest absolute Gasteiger partial charge is 0.253 e. The van der Waals surface area contributed by atoms with E-state index >= 15 is 0 Å². The number of carbonyl (C=O) groups excluding carboxylic acids is 1. The fourth-order valence-corrected chi connectivity index (χ4v) is 5.81. The molecular formula is C32H40ClN3O2. The van der Waals surface area contributed by atoms with E-state index in [0.717, 1.165) is 41.5 Å². The fourth-order valence-electron chi connectivity index (χ4n) is 5.60. The van der Waals surface area contributed by atoms with Crippen molar-refractivity contribution in [3.63, 3.8) is 0 Å². The van der Waals surface area contributed by atoms with Crippen LogP contribution in [0, 0.1) is 0 Å². The van der Waals surface area contributed by atoms with Crippen LogP contribution < -0.4 is 4.74 Å². The van der Waals surface area contributed by atoms with Crippen LogP contribution in [0.25, 0.3) is 0 Å². The lowest BCUT2D eigenvalue weighted by molar-refractivity contribution is 0.0195. The van der Waals surface area contributed by atoms with Crippen molar-refractivity contribution in [3.8, 4) is 5.75 Å². The standard InChI is InChI=1S/C32H40ClN3O2/c1-6-34(7-2)32(37)28-14-9-12-26(18-28)31(27-13-10-16-30(19-27)38-5)36-21-23(3)35(20-24(36)4)22-25-11-8-15-29(33)17-25/h8-19,23-24,31H,6-7,20-22H2,1-5H3/t23-,24+,31-/m1/s1. The summed E-state index contributed by atoms with van der Waals surface area (Å²) in [7, 11) is 1.71. The summed E-state index contributed by atoms with van der Waals surface area (Å²) in [5.74, 6) is 0.914. The Morgan fingerprint density at radius 2 is 1.63 bits per heavy atom. The summed E-state index contributed by atoms with van der Waals surface area (Å²) in [6.07, 6.45) is 0. The molecule has 0 unspecified atom stereocenters. The maximum Gasteiger partial charge on any atom is 0.253 e. The molecule has 0 radical (unpaired) electrons. The summed E-state index contributed by atoms with van der Waals surface area (Å²) in [4.78, 5) is 20.2. The molecule has 3 aromatic rings. The van der Waals surface area contributed by atoms with Gasteiger partial charge in [0.2, 0.25) is 0 Å². The van der Waals surface area contributed by atoms with Crippen molar-refractivity contribution in [2.45, 2.75) is 52.4 Å². The molecule has 3 atom stereocenters. The monoisotopic (exact) mass is 533 g/mol. The molecule has 0 aromatic heterocycles. The summed E-state index contributed by atoms with van der Waals surface area (Å²) in [6.45, 7) is 12.7. The predicted molar refractivity (Wildman–Crippen MR) is 156 cm³/mol. The van der Waals surface area contributed by atoms with Gasteiger partial charge in [0.05, 0.1) is 13.2 Å². The van der Waals surface area contributed by atoms with Crippen LogP contribution in [-0.4, -0.2) is 66.0 Å². The number of methoxy groups -OCH3 is 1. The van der Waals surface area contributed by atoms with Crippen LogP contribution in [-0.2, 0) is 6.54 Å². The van der Waals surface area contributed by atoms with E-state index in [4.69, 9.17) is 16.3 Å². The number of amides is 1. The number of hydrogen-bond acceptors (Lipinski definition) is 4. The molecule has 1 saturated heterocycles. The lowest BCUT2D eigenvalue weighted by Gasteiger charge is -2.48. The Kier molecular flexibility index (Phi) is 9.48. The van der Waals surface area contributed by atoms with Crippen LogP contribution in [0.4, 0.5) is 0 Å². The van der Waals surface area contributed by atoms with Gasteiger partial charge in [0.15, 0.2) is 0 Å². The van der Waals surface area contributed by atoms with E-state index < -0.39 is 0 Å². The molecule has 6 heteroatoms. The first-order chi connectivity index (χ1) is 18.3. The van der Waals surface area contributed by atoms with Crippen LogP contribution in [0.15, 0.2) is 72.8 Å². The minimum atomic E-state index is 0.000299. The molecule has 202 valence electrons. The summed E-state index contributed by atoms with van der Waals surface area (Å²) < 4.78 is 5.59. The molecule has 0 N–H and O–H groups in total. The zero-order chi connectivity index (χ0) is 27.2. The zero-order valence-corrected chi connectivity index (χ0v) is 24.0. The van der Waals surface area contributed by atoms with Gasteiger partial charge in [0, 0.05) is 55.4 Å². The Balaban J connectivity index is 1.67. The summed E-state index contributed by atoms with van der Waals surface area (Å²) in [5.41, 5.74) is 4.26. The quantitative estimate of drug-likeness (QED) is 0.314. The van der Waals surface area contributed by atoms with E-state index in [1.165, 1.54) is 11.1 Å². The molecular weight excluding hydrogens is 494 g/mol. The van der Waals surface area contributed by atoms with Gasteiger partial charge in [0.1, 0.15) is 5.75 Å². The Bertz CT molecular complexity index is 1230. The van der Waals surface area contributed by atoms with E-state index in [1.54, 1.807) is 7.11 Å². The summed E-state index contributed by atoms with van der Waals surface area (Å²) >= 11 is 6.26. The third-order valence-corrected chi connectivity index (χ3v) is 7.91. The highest BCUT2D eigenvalue weighted by Gasteiger charge is 2.35. The highest BCUT2D eigenvalue weighted by molar-refractivity contribution is 6.30. The van der Waals surface area contributed by atoms with Gasteiger partial charge in [0.25, 0.3) is 5.91 Å². The van der Waals surface area contributed by atoms with E-state index in [9.17, 15) is 4.79 Å². The van der Waals surface area contributed by atoms with Crippen molar-refractivity contribution in [2.75, 3.05) is 33.3 Å². The molecule has 1 aliphatic heterocycles. The molecule has 0 bridgehead atoms. The first-order valence-corrected chi connectivity index (χ1v) is 14.0. The molecule has 0 spiro atoms. The second-order valence-electron chi connectivity index (χ2n) is 10.2. The van der Waals surface area contributed by atoms with E-state index in [0.29, 0.717) is 25.2 Å². The molecule has 1 aliphatic rings. The summed E-state index contributed by atoms with van der Waals surface area (Å²) in [6, 6.07) is 25.3. The Morgan fingerprint density at radius 3 is 2.32 bits per heavy atom. The minimum Gasteiger partial charge on any atom is -0.497 e. The number of rotatable bonds is 9. The molecule has 0 aliphatic carbocycles. The Hall–Kier alpha value is -2.86. The van der Waals surface area contributed by atoms with Crippen molar-refractivity contribution < 1.29 is 9.53 Å². The molecule has 1 fully saturated rings. The summed E-state index contributed by atoms with van der Waals surface area (Å²) in [5, 5.41) is 0.777. The average Bonchev–Trinajstić information content (AvgIpc) is 2.92. The maximum atomic E-state index is 13.2. The van der Waals surface area contributed by atoms with Gasteiger partial charge < -0.3 is 9.64 Å². The second-order valence-corrected chi connectivity index (χ2v) is 10.7. The molecule has 4 rings (SSSR count). The number of hydrogen-bond donors (Lipinski definition) is 0. The van der Waals surface area contributed by atoms with Crippen LogP contribution in [0.3, 0.4) is 0 Å². The zero-order valence-electron chi connectivity index (χ0n) is 23.2. The molecule has 1 heterocycles. The molecule has 1 amide bonds. The van der Waals surface area contributed by atoms with Crippen molar-refractivity contribution >= 4 is 17.5 Å². The topological polar surface area (TPSA) is 36.0 Å². The fraction of sp³-hybridized carbons (Fsp3) is 0.406. The highest BCUT2D eigenvalue weighted by Crippen LogP contribution is 2.35. The number of carbonyl (C=O) groups is 1. The van der Waals surface area contributed by atoms with Gasteiger partial charge in [-0.25, -0.2) is 0 Å². The lowest BCUT2D eigenvalue weighted by atomic mass is 9.92. The second kappa shape index (κ2) is 12.8. The Labute approximate surface area is 233 Å². The first-order valence-electron chi connectivity index (χ1n) is 13.6. The van der Waals surface area contributed by atoms with Crippen LogP contribution in [0.1, 0.15) is 60.8 Å². The first kappa shape index (κ1) is 28.2. The minimum absolute atomic E-state index is 0.000299. The third-order valence-electron chi connectivity index (χ3n) is 7.68. The third kappa shape index (κ3) is 6.40. The molecule has 0 saturated carbocycles. The van der Waals surface area contributed by atoms with Gasteiger partial charge in [-0.1, -0.05) is 48.0 Å². The van der Waals surface area contributed by atoms with Gasteiger partial charge in [-0.2, -0.15) is 0 Å². The van der Waals surface area contributed by atoms with Crippen molar-refractivity contribution in [2.24, 2.45) is 0 Å². The van der Waals surface area contributed by atoms with Crippen molar-refractivity contribution in [3.05, 3.63) is 100 Å². The number of nitrogens with zero attached hydrogens (tertiary/aromatic N) is 3. The van der Waals surface area contributed by atoms with Crippen LogP contribution in [0.5, 0.6) is 5.75 Å². The van der Waals surface area contributed by atoms with Gasteiger partial charge in [-0.05, 0) is 80.8 Å². The van der Waals surface area contributed by atoms with Gasteiger partial charge in [-0.15, -0.1) is 0 Å². The van der Waals surface area contributed by atoms with E-state index in [-0.39, 0.29) is 11.9 Å². The Morgan fingerprint density at radius 1 is 0.947 bits per heavy atom. The SMILES string of the molecule is CCN(CC)C(=O)c1cccc([C@H](c2cccc(OC)c2)N2C[C@@H](C)N(Cc3cccc(Cl)c3)C[C@@H]2C)c1. The van der Waals surface area contributed by atoms with Gasteiger partial charge >= 0.3 is 0 Å². The largest absolute Gasteiger partial charge is 0.497 e. The highest BCUT2D eigenvalue weighted by atomic mass is 35.5. The number of ether oxygens (including phenoxy) is 1. The van der Waals surface area contributed by atoms with Crippen molar-refractivity contribution in [1.29, 1.82) is 0 Å². The van der Waals surface area contributed by atoms with E-state index in [2.05, 4.69) is 66.1 Å². The van der Waals surface area contributed by atoms with Crippen molar-refractivity contribution in [1.82, 2.24) is 14.7 Å². The van der Waals surface area contributed by atoms with Crippen LogP contribution in [0.2, 0.25) is 5.02 Å². The number of piperazine rings is 1. The lowest BCUT2D eigenvalue weighted by Crippen LogP contribution is -2.56. The van der Waals surface area contributed by atoms with Gasteiger partial charge in [-0.3, -0.25) is 14.6 Å². The molecule has 38 heavy (non-hydrogen) atoms. The molecule has 3 aromatic carbocycles. The maximum absolute atomic E-state index is 13.2. The number of benzene rings is 3. The normalized spacial score (nSPS) is 19.2. The molecule has 5 nitrogen and oxygen atoms in total. The predicted octanol–water partition coefficient (Wildman–Crippen LogP) is 6.51.